The molecule has 0 radical (unpaired) electrons. The summed E-state index contributed by atoms with van der Waals surface area (Å²) >= 11 is 0. The second kappa shape index (κ2) is 4.64. The Morgan fingerprint density at radius 1 is 1.25 bits per heavy atom. The number of hydrogen-bond donors (Lipinski definition) is 0. The van der Waals surface area contributed by atoms with Gasteiger partial charge in [-0.05, 0) is 33.3 Å². The van der Waals surface area contributed by atoms with Crippen molar-refractivity contribution in [1.29, 1.82) is 0 Å². The number of rotatable bonds is 2. The van der Waals surface area contributed by atoms with Gasteiger partial charge in [0.05, 0.1) is 5.92 Å². The maximum absolute atomic E-state index is 11.9. The highest BCUT2D eigenvalue weighted by Gasteiger charge is 2.37. The van der Waals surface area contributed by atoms with Crippen LogP contribution in [0.5, 0.6) is 0 Å². The van der Waals surface area contributed by atoms with E-state index in [9.17, 15) is 9.59 Å². The number of likely N-dealkylation sites (tertiary alicyclic amines) is 1. The number of imide groups is 1. The first-order valence-corrected chi connectivity index (χ1v) is 5.47. The molecule has 0 saturated carbocycles. The quantitative estimate of drug-likeness (QED) is 0.530. The van der Waals surface area contributed by atoms with Crippen LogP contribution in [0.1, 0.15) is 34.1 Å². The van der Waals surface area contributed by atoms with Crippen molar-refractivity contribution >= 4 is 11.8 Å². The highest BCUT2D eigenvalue weighted by atomic mass is 16.2. The Morgan fingerprint density at radius 3 is 2.12 bits per heavy atom. The van der Waals surface area contributed by atoms with Gasteiger partial charge in [0.15, 0.2) is 0 Å². The van der Waals surface area contributed by atoms with Gasteiger partial charge in [0, 0.05) is 13.5 Å². The summed E-state index contributed by atoms with van der Waals surface area (Å²) in [5.41, 5.74) is 3.23. The van der Waals surface area contributed by atoms with Gasteiger partial charge in [-0.3, -0.25) is 14.5 Å². The Kier molecular flexibility index (Phi) is 3.68. The fraction of sp³-hybridized carbons (Fsp3) is 0.538. The average Bonchev–Trinajstić information content (AvgIpc) is 2.42. The molecule has 1 unspecified atom stereocenters. The number of carbonyl (C=O) groups is 2. The van der Waals surface area contributed by atoms with Gasteiger partial charge in [-0.1, -0.05) is 17.2 Å². The Balaban J connectivity index is 3.09. The first-order valence-electron chi connectivity index (χ1n) is 5.47. The highest BCUT2D eigenvalue weighted by Crippen LogP contribution is 2.29. The summed E-state index contributed by atoms with van der Waals surface area (Å²) in [7, 11) is 1.55. The van der Waals surface area contributed by atoms with Crippen LogP contribution in [0.25, 0.3) is 0 Å². The molecule has 2 amide bonds. The minimum absolute atomic E-state index is 0.0845. The fourth-order valence-electron chi connectivity index (χ4n) is 1.90. The van der Waals surface area contributed by atoms with Gasteiger partial charge in [0.1, 0.15) is 0 Å². The topological polar surface area (TPSA) is 37.4 Å². The molecule has 0 N–H and O–H groups in total. The lowest BCUT2D eigenvalue weighted by molar-refractivity contribution is -0.137. The van der Waals surface area contributed by atoms with E-state index in [1.165, 1.54) is 4.90 Å². The summed E-state index contributed by atoms with van der Waals surface area (Å²) in [6.07, 6.45) is 2.31. The molecule has 88 valence electrons. The van der Waals surface area contributed by atoms with E-state index in [0.29, 0.717) is 6.42 Å². The van der Waals surface area contributed by atoms with Crippen LogP contribution < -0.4 is 0 Å². The largest absolute Gasteiger partial charge is 0.285 e. The van der Waals surface area contributed by atoms with Gasteiger partial charge in [0.25, 0.3) is 0 Å². The van der Waals surface area contributed by atoms with Gasteiger partial charge >= 0.3 is 0 Å². The highest BCUT2D eigenvalue weighted by molar-refractivity contribution is 6.04. The normalized spacial score (nSPS) is 20.1. The fourth-order valence-corrected chi connectivity index (χ4v) is 1.90. The number of carbonyl (C=O) groups excluding carboxylic acids is 2. The maximum atomic E-state index is 11.9. The molecule has 1 aliphatic heterocycles. The van der Waals surface area contributed by atoms with Crippen LogP contribution in [0, 0.1) is 5.92 Å². The van der Waals surface area contributed by atoms with Crippen LogP contribution in [0.2, 0.25) is 0 Å². The summed E-state index contributed by atoms with van der Waals surface area (Å²) in [6.45, 7) is 7.94. The minimum atomic E-state index is -0.280. The Labute approximate surface area is 96.8 Å². The van der Waals surface area contributed by atoms with Gasteiger partial charge in [-0.2, -0.15) is 0 Å². The van der Waals surface area contributed by atoms with E-state index in [1.54, 1.807) is 7.05 Å². The van der Waals surface area contributed by atoms with Crippen LogP contribution in [-0.4, -0.2) is 23.8 Å². The lowest BCUT2D eigenvalue weighted by Crippen LogP contribution is -2.26. The SMILES string of the molecule is CC(C)=CC(=C(C)C)C1CC(=O)N(C)C1=O. The molecule has 0 bridgehead atoms. The van der Waals surface area contributed by atoms with E-state index in [4.69, 9.17) is 0 Å². The molecular formula is C13H19NO2. The van der Waals surface area contributed by atoms with Gasteiger partial charge in [0.2, 0.25) is 11.8 Å². The lowest BCUT2D eigenvalue weighted by atomic mass is 9.92. The Hall–Kier alpha value is -1.38. The molecule has 1 fully saturated rings. The molecule has 0 aliphatic carbocycles. The zero-order valence-electron chi connectivity index (χ0n) is 10.6. The standard InChI is InChI=1S/C13H19NO2/c1-8(2)6-10(9(3)4)11-7-12(15)14(5)13(11)16/h6,11H,7H2,1-5H3. The zero-order valence-corrected chi connectivity index (χ0v) is 10.6. The third kappa shape index (κ3) is 2.40. The summed E-state index contributed by atoms with van der Waals surface area (Å²) < 4.78 is 0. The smallest absolute Gasteiger partial charge is 0.236 e. The van der Waals surface area contributed by atoms with Crippen molar-refractivity contribution in [2.24, 2.45) is 5.92 Å². The van der Waals surface area contributed by atoms with E-state index >= 15 is 0 Å². The number of nitrogens with zero attached hydrogens (tertiary/aromatic N) is 1. The van der Waals surface area contributed by atoms with Crippen molar-refractivity contribution in [1.82, 2.24) is 4.90 Å². The molecule has 3 nitrogen and oxygen atoms in total. The van der Waals surface area contributed by atoms with Crippen molar-refractivity contribution in [2.75, 3.05) is 7.05 Å². The third-order valence-corrected chi connectivity index (χ3v) is 2.78. The lowest BCUT2D eigenvalue weighted by Gasteiger charge is -2.12. The van der Waals surface area contributed by atoms with Gasteiger partial charge in [-0.25, -0.2) is 0 Å². The molecule has 0 aromatic carbocycles. The van der Waals surface area contributed by atoms with E-state index < -0.39 is 0 Å². The molecule has 1 heterocycles. The first kappa shape index (κ1) is 12.7. The second-order valence-electron chi connectivity index (χ2n) is 4.72. The van der Waals surface area contributed by atoms with E-state index in [0.717, 1.165) is 16.7 Å². The molecule has 16 heavy (non-hydrogen) atoms. The van der Waals surface area contributed by atoms with Gasteiger partial charge in [-0.15, -0.1) is 0 Å². The Morgan fingerprint density at radius 2 is 1.81 bits per heavy atom. The van der Waals surface area contributed by atoms with E-state index in [1.807, 2.05) is 33.8 Å². The average molecular weight is 221 g/mol. The summed E-state index contributed by atoms with van der Waals surface area (Å²) in [6, 6.07) is 0. The second-order valence-corrected chi connectivity index (χ2v) is 4.72. The van der Waals surface area contributed by atoms with Crippen LogP contribution in [0.15, 0.2) is 22.8 Å². The van der Waals surface area contributed by atoms with Crippen LogP contribution in [0.3, 0.4) is 0 Å². The number of allylic oxidation sites excluding steroid dienone is 3. The summed E-state index contributed by atoms with van der Waals surface area (Å²) in [4.78, 5) is 24.6. The van der Waals surface area contributed by atoms with Crippen molar-refractivity contribution in [3.05, 3.63) is 22.8 Å². The van der Waals surface area contributed by atoms with Crippen molar-refractivity contribution in [3.8, 4) is 0 Å². The van der Waals surface area contributed by atoms with Crippen molar-refractivity contribution in [2.45, 2.75) is 34.1 Å². The molecular weight excluding hydrogens is 202 g/mol. The molecule has 1 atom stereocenters. The third-order valence-electron chi connectivity index (χ3n) is 2.78. The maximum Gasteiger partial charge on any atom is 0.236 e. The van der Waals surface area contributed by atoms with Crippen LogP contribution >= 0.6 is 0 Å². The molecule has 0 spiro atoms. The van der Waals surface area contributed by atoms with Crippen molar-refractivity contribution < 1.29 is 9.59 Å². The van der Waals surface area contributed by atoms with Crippen LogP contribution in [-0.2, 0) is 9.59 Å². The summed E-state index contributed by atoms with van der Waals surface area (Å²) in [5.74, 6) is -0.452. The van der Waals surface area contributed by atoms with Crippen molar-refractivity contribution in [3.63, 3.8) is 0 Å². The molecule has 0 aromatic heterocycles. The predicted molar refractivity (Wildman–Crippen MR) is 63.7 cm³/mol. The molecule has 1 rings (SSSR count). The number of amides is 2. The van der Waals surface area contributed by atoms with E-state index in [2.05, 4.69) is 0 Å². The van der Waals surface area contributed by atoms with Crippen LogP contribution in [0.4, 0.5) is 0 Å². The van der Waals surface area contributed by atoms with E-state index in [-0.39, 0.29) is 17.7 Å². The minimum Gasteiger partial charge on any atom is -0.285 e. The molecule has 3 heteroatoms. The molecule has 1 saturated heterocycles. The monoisotopic (exact) mass is 221 g/mol. The number of hydrogen-bond acceptors (Lipinski definition) is 2. The predicted octanol–water partition coefficient (Wildman–Crippen LogP) is 2.29. The Bertz CT molecular complexity index is 383. The first-order chi connectivity index (χ1) is 7.34. The molecule has 1 aliphatic rings. The zero-order chi connectivity index (χ0) is 12.5. The van der Waals surface area contributed by atoms with Gasteiger partial charge < -0.3 is 0 Å². The summed E-state index contributed by atoms with van der Waals surface area (Å²) in [5, 5.41) is 0. The molecule has 0 aromatic rings.